The van der Waals surface area contributed by atoms with E-state index in [2.05, 4.69) is 74.5 Å². The molecule has 0 aliphatic carbocycles. The van der Waals surface area contributed by atoms with Gasteiger partial charge in [0.25, 0.3) is 0 Å². The van der Waals surface area contributed by atoms with Gasteiger partial charge in [0.05, 0.1) is 18.6 Å². The molecule has 0 radical (unpaired) electrons. The van der Waals surface area contributed by atoms with Crippen molar-refractivity contribution in [2.24, 2.45) is 10.7 Å². The number of rotatable bonds is 4. The van der Waals surface area contributed by atoms with Crippen molar-refractivity contribution in [3.05, 3.63) is 56.7 Å². The van der Waals surface area contributed by atoms with Gasteiger partial charge in [0.15, 0.2) is 5.96 Å². The number of aliphatic imine (C=N–C) groups is 1. The predicted molar refractivity (Wildman–Crippen MR) is 92.6 cm³/mol. The Bertz CT molecular complexity index is 636. The molecule has 0 amide bonds. The molecule has 0 saturated heterocycles. The Morgan fingerprint density at radius 2 is 2.10 bits per heavy atom. The second kappa shape index (κ2) is 5.81. The summed E-state index contributed by atoms with van der Waals surface area (Å²) in [6.07, 6.45) is 0.940. The first-order valence-electron chi connectivity index (χ1n) is 6.91. The van der Waals surface area contributed by atoms with Crippen LogP contribution in [0.3, 0.4) is 0 Å². The molecule has 2 aromatic rings. The van der Waals surface area contributed by atoms with Crippen LogP contribution in [0.15, 0.2) is 51.2 Å². The number of thiophene rings is 1. The zero-order valence-electron chi connectivity index (χ0n) is 11.9. The minimum atomic E-state index is -0.0537. The zero-order chi connectivity index (χ0) is 14.9. The SMILES string of the molecule is CC1(Cc2ccc(Br)cc2)CN=C(N)N1Cc1cccs1. The lowest BCUT2D eigenvalue weighted by Gasteiger charge is -2.36. The minimum absolute atomic E-state index is 0.0537. The number of nitrogens with two attached hydrogens (primary N) is 1. The maximum absolute atomic E-state index is 6.12. The summed E-state index contributed by atoms with van der Waals surface area (Å²) in [5.41, 5.74) is 7.38. The summed E-state index contributed by atoms with van der Waals surface area (Å²) in [6, 6.07) is 12.7. The van der Waals surface area contributed by atoms with Crippen LogP contribution in [-0.4, -0.2) is 22.9 Å². The third-order valence-corrected chi connectivity index (χ3v) is 5.29. The van der Waals surface area contributed by atoms with Crippen LogP contribution in [0.25, 0.3) is 0 Å². The molecule has 21 heavy (non-hydrogen) atoms. The molecule has 0 bridgehead atoms. The minimum Gasteiger partial charge on any atom is -0.370 e. The molecule has 0 spiro atoms. The van der Waals surface area contributed by atoms with Crippen molar-refractivity contribution in [3.63, 3.8) is 0 Å². The predicted octanol–water partition coefficient (Wildman–Crippen LogP) is 3.64. The Kier molecular flexibility index (Phi) is 4.04. The number of guanidine groups is 1. The van der Waals surface area contributed by atoms with Crippen LogP contribution in [-0.2, 0) is 13.0 Å². The second-order valence-corrected chi connectivity index (χ2v) is 7.59. The average Bonchev–Trinajstić information content (AvgIpc) is 3.06. The van der Waals surface area contributed by atoms with Gasteiger partial charge in [-0.2, -0.15) is 0 Å². The van der Waals surface area contributed by atoms with E-state index in [0.29, 0.717) is 5.96 Å². The highest BCUT2D eigenvalue weighted by atomic mass is 79.9. The van der Waals surface area contributed by atoms with Gasteiger partial charge in [0.2, 0.25) is 0 Å². The van der Waals surface area contributed by atoms with Crippen molar-refractivity contribution in [2.45, 2.75) is 25.4 Å². The van der Waals surface area contributed by atoms with Crippen molar-refractivity contribution in [3.8, 4) is 0 Å². The Balaban J connectivity index is 1.79. The van der Waals surface area contributed by atoms with Gasteiger partial charge in [-0.15, -0.1) is 11.3 Å². The molecule has 1 unspecified atom stereocenters. The van der Waals surface area contributed by atoms with Gasteiger partial charge in [0.1, 0.15) is 0 Å². The van der Waals surface area contributed by atoms with Crippen LogP contribution in [0.4, 0.5) is 0 Å². The van der Waals surface area contributed by atoms with Crippen molar-refractivity contribution >= 4 is 33.2 Å². The van der Waals surface area contributed by atoms with Gasteiger partial charge in [-0.3, -0.25) is 4.99 Å². The first-order chi connectivity index (χ1) is 10.1. The van der Waals surface area contributed by atoms with Gasteiger partial charge in [-0.25, -0.2) is 0 Å². The molecule has 1 aliphatic heterocycles. The van der Waals surface area contributed by atoms with Crippen molar-refractivity contribution < 1.29 is 0 Å². The summed E-state index contributed by atoms with van der Waals surface area (Å²) < 4.78 is 1.11. The Morgan fingerprint density at radius 3 is 2.76 bits per heavy atom. The lowest BCUT2D eigenvalue weighted by molar-refractivity contribution is 0.215. The van der Waals surface area contributed by atoms with E-state index < -0.39 is 0 Å². The topological polar surface area (TPSA) is 41.6 Å². The van der Waals surface area contributed by atoms with Gasteiger partial charge in [0, 0.05) is 9.35 Å². The summed E-state index contributed by atoms with van der Waals surface area (Å²) in [5, 5.41) is 2.10. The molecule has 0 fully saturated rings. The summed E-state index contributed by atoms with van der Waals surface area (Å²) >= 11 is 5.24. The molecule has 1 aliphatic rings. The molecule has 2 N–H and O–H groups in total. The van der Waals surface area contributed by atoms with E-state index in [9.17, 15) is 0 Å². The highest BCUT2D eigenvalue weighted by Crippen LogP contribution is 2.29. The van der Waals surface area contributed by atoms with Crippen LogP contribution in [0.5, 0.6) is 0 Å². The van der Waals surface area contributed by atoms with Gasteiger partial charge in [-0.1, -0.05) is 34.1 Å². The first-order valence-corrected chi connectivity index (χ1v) is 8.58. The van der Waals surface area contributed by atoms with Crippen molar-refractivity contribution in [1.29, 1.82) is 0 Å². The van der Waals surface area contributed by atoms with Crippen molar-refractivity contribution in [1.82, 2.24) is 4.90 Å². The number of hydrogen-bond donors (Lipinski definition) is 1. The fourth-order valence-corrected chi connectivity index (χ4v) is 3.68. The van der Waals surface area contributed by atoms with Crippen molar-refractivity contribution in [2.75, 3.05) is 6.54 Å². The quantitative estimate of drug-likeness (QED) is 0.900. The average molecular weight is 364 g/mol. The van der Waals surface area contributed by atoms with E-state index in [-0.39, 0.29) is 5.54 Å². The third-order valence-electron chi connectivity index (χ3n) is 3.90. The maximum atomic E-state index is 6.12. The molecule has 110 valence electrons. The number of benzene rings is 1. The van der Waals surface area contributed by atoms with Crippen LogP contribution in [0, 0.1) is 0 Å². The Morgan fingerprint density at radius 1 is 1.33 bits per heavy atom. The molecule has 1 aromatic heterocycles. The molecule has 2 heterocycles. The van der Waals surface area contributed by atoms with Crippen LogP contribution < -0.4 is 5.73 Å². The fraction of sp³-hybridized carbons (Fsp3) is 0.312. The second-order valence-electron chi connectivity index (χ2n) is 5.64. The van der Waals surface area contributed by atoms with Gasteiger partial charge in [-0.05, 0) is 42.5 Å². The molecular weight excluding hydrogens is 346 g/mol. The van der Waals surface area contributed by atoms with Crippen LogP contribution >= 0.6 is 27.3 Å². The Hall–Kier alpha value is -1.33. The highest BCUT2D eigenvalue weighted by molar-refractivity contribution is 9.10. The maximum Gasteiger partial charge on any atom is 0.192 e. The molecule has 3 rings (SSSR count). The zero-order valence-corrected chi connectivity index (χ0v) is 14.3. The standard InChI is InChI=1S/C16H18BrN3S/c1-16(9-12-4-6-13(17)7-5-12)11-19-15(18)20(16)10-14-3-2-8-21-14/h2-8H,9-11H2,1H3,(H2,18,19). The van der Waals surface area contributed by atoms with E-state index >= 15 is 0 Å². The molecule has 0 saturated carbocycles. The van der Waals surface area contributed by atoms with E-state index in [0.717, 1.165) is 24.0 Å². The van der Waals surface area contributed by atoms with E-state index in [1.54, 1.807) is 11.3 Å². The first kappa shape index (κ1) is 14.6. The normalized spacial score (nSPS) is 21.6. The third kappa shape index (κ3) is 3.14. The lowest BCUT2D eigenvalue weighted by atomic mass is 9.92. The van der Waals surface area contributed by atoms with E-state index in [1.165, 1.54) is 10.4 Å². The Labute approximate surface area is 137 Å². The summed E-state index contributed by atoms with van der Waals surface area (Å²) in [4.78, 5) is 8.03. The number of halogens is 1. The summed E-state index contributed by atoms with van der Waals surface area (Å²) in [5.74, 6) is 0.656. The highest BCUT2D eigenvalue weighted by Gasteiger charge is 2.38. The van der Waals surface area contributed by atoms with E-state index in [4.69, 9.17) is 5.73 Å². The molecule has 1 atom stereocenters. The molecular formula is C16H18BrN3S. The van der Waals surface area contributed by atoms with E-state index in [1.807, 2.05) is 0 Å². The van der Waals surface area contributed by atoms with Crippen LogP contribution in [0.1, 0.15) is 17.4 Å². The van der Waals surface area contributed by atoms with Gasteiger partial charge < -0.3 is 10.6 Å². The smallest absolute Gasteiger partial charge is 0.192 e. The van der Waals surface area contributed by atoms with Crippen LogP contribution in [0.2, 0.25) is 0 Å². The molecule has 3 nitrogen and oxygen atoms in total. The number of hydrogen-bond acceptors (Lipinski definition) is 4. The number of nitrogens with zero attached hydrogens (tertiary/aromatic N) is 2. The molecule has 5 heteroatoms. The fourth-order valence-electron chi connectivity index (χ4n) is 2.72. The summed E-state index contributed by atoms with van der Waals surface area (Å²) in [7, 11) is 0. The van der Waals surface area contributed by atoms with Gasteiger partial charge >= 0.3 is 0 Å². The largest absolute Gasteiger partial charge is 0.370 e. The lowest BCUT2D eigenvalue weighted by Crippen LogP contribution is -2.50. The summed E-state index contributed by atoms with van der Waals surface area (Å²) in [6.45, 7) is 3.83. The monoisotopic (exact) mass is 363 g/mol. The molecule has 1 aromatic carbocycles.